The Kier molecular flexibility index (Phi) is 6.82. The van der Waals surface area contributed by atoms with Crippen LogP contribution in [-0.4, -0.2) is 74.1 Å². The van der Waals surface area contributed by atoms with Crippen LogP contribution in [0.5, 0.6) is 5.75 Å². The molecule has 0 bridgehead atoms. The average Bonchev–Trinajstić information content (AvgIpc) is 2.66. The number of nitrogens with zero attached hydrogens (tertiary/aromatic N) is 3. The van der Waals surface area contributed by atoms with Gasteiger partial charge in [0.15, 0.2) is 0 Å². The van der Waals surface area contributed by atoms with Crippen LogP contribution in [0.2, 0.25) is 0 Å². The summed E-state index contributed by atoms with van der Waals surface area (Å²) in [6, 6.07) is 7.02. The first-order valence-corrected chi connectivity index (χ1v) is 8.58. The average molecular weight is 363 g/mol. The van der Waals surface area contributed by atoms with E-state index in [2.05, 4.69) is 0 Å². The van der Waals surface area contributed by atoms with Gasteiger partial charge in [-0.2, -0.15) is 0 Å². The molecular weight excluding hydrogens is 338 g/mol. The van der Waals surface area contributed by atoms with E-state index >= 15 is 0 Å². The predicted molar refractivity (Wildman–Crippen MR) is 96.2 cm³/mol. The largest absolute Gasteiger partial charge is 0.497 e. The number of hydrogen-bond acceptors (Lipinski definition) is 5. The van der Waals surface area contributed by atoms with Crippen LogP contribution in [0.3, 0.4) is 0 Å². The van der Waals surface area contributed by atoms with Crippen molar-refractivity contribution in [3.8, 4) is 5.75 Å². The molecule has 1 aromatic rings. The first-order valence-electron chi connectivity index (χ1n) is 8.58. The fourth-order valence-electron chi connectivity index (χ4n) is 2.75. The number of methoxy groups -OCH3 is 1. The molecule has 1 saturated heterocycles. The van der Waals surface area contributed by atoms with Crippen molar-refractivity contribution in [2.45, 2.75) is 13.8 Å². The van der Waals surface area contributed by atoms with Crippen molar-refractivity contribution in [2.75, 3.05) is 51.3 Å². The normalized spacial score (nSPS) is 14.0. The minimum Gasteiger partial charge on any atom is -0.497 e. The number of carbonyl (C=O) groups is 3. The fourth-order valence-corrected chi connectivity index (χ4v) is 2.75. The van der Waals surface area contributed by atoms with Crippen molar-refractivity contribution in [1.29, 1.82) is 0 Å². The predicted octanol–water partition coefficient (Wildman–Crippen LogP) is 1.35. The van der Waals surface area contributed by atoms with Gasteiger partial charge in [0.25, 0.3) is 0 Å². The second-order valence-corrected chi connectivity index (χ2v) is 5.87. The molecule has 1 aliphatic heterocycles. The number of ether oxygens (including phenoxy) is 2. The van der Waals surface area contributed by atoms with Gasteiger partial charge in [-0.1, -0.05) is 6.07 Å². The third-order valence-electron chi connectivity index (χ3n) is 4.20. The minimum atomic E-state index is -0.360. The molecule has 26 heavy (non-hydrogen) atoms. The molecule has 0 saturated carbocycles. The molecule has 1 fully saturated rings. The minimum absolute atomic E-state index is 0.0537. The number of rotatable bonds is 5. The second kappa shape index (κ2) is 9.07. The zero-order chi connectivity index (χ0) is 19.1. The summed E-state index contributed by atoms with van der Waals surface area (Å²) in [5, 5.41) is 0. The highest BCUT2D eigenvalue weighted by Crippen LogP contribution is 2.21. The van der Waals surface area contributed by atoms with Gasteiger partial charge < -0.3 is 24.2 Å². The van der Waals surface area contributed by atoms with E-state index in [1.54, 1.807) is 48.1 Å². The third-order valence-corrected chi connectivity index (χ3v) is 4.20. The van der Waals surface area contributed by atoms with E-state index in [1.165, 1.54) is 11.8 Å². The molecule has 0 radical (unpaired) electrons. The molecule has 3 amide bonds. The summed E-state index contributed by atoms with van der Waals surface area (Å²) in [4.78, 5) is 41.0. The van der Waals surface area contributed by atoms with Crippen LogP contribution >= 0.6 is 0 Å². The topological polar surface area (TPSA) is 79.4 Å². The summed E-state index contributed by atoms with van der Waals surface area (Å²) in [5.74, 6) is 0.229. The van der Waals surface area contributed by atoms with Crippen molar-refractivity contribution in [3.63, 3.8) is 0 Å². The Labute approximate surface area is 153 Å². The quantitative estimate of drug-likeness (QED) is 0.789. The van der Waals surface area contributed by atoms with Crippen molar-refractivity contribution < 1.29 is 23.9 Å². The molecule has 1 aromatic carbocycles. The van der Waals surface area contributed by atoms with Crippen LogP contribution < -0.4 is 9.64 Å². The van der Waals surface area contributed by atoms with E-state index in [9.17, 15) is 14.4 Å². The van der Waals surface area contributed by atoms with Crippen molar-refractivity contribution in [1.82, 2.24) is 9.80 Å². The van der Waals surface area contributed by atoms with Crippen molar-refractivity contribution in [2.24, 2.45) is 0 Å². The van der Waals surface area contributed by atoms with Gasteiger partial charge in [0.05, 0.1) is 13.7 Å². The van der Waals surface area contributed by atoms with E-state index in [0.717, 1.165) is 0 Å². The molecule has 0 N–H and O–H groups in total. The van der Waals surface area contributed by atoms with Gasteiger partial charge in [-0.3, -0.25) is 9.59 Å². The van der Waals surface area contributed by atoms with E-state index < -0.39 is 0 Å². The van der Waals surface area contributed by atoms with Gasteiger partial charge in [-0.05, 0) is 19.1 Å². The molecule has 2 rings (SSSR count). The van der Waals surface area contributed by atoms with Crippen LogP contribution in [0.25, 0.3) is 0 Å². The zero-order valence-corrected chi connectivity index (χ0v) is 15.4. The highest BCUT2D eigenvalue weighted by Gasteiger charge is 2.26. The van der Waals surface area contributed by atoms with Gasteiger partial charge in [-0.15, -0.1) is 0 Å². The monoisotopic (exact) mass is 363 g/mol. The maximum Gasteiger partial charge on any atom is 0.409 e. The van der Waals surface area contributed by atoms with Crippen LogP contribution in [-0.2, 0) is 14.3 Å². The SMILES string of the molecule is CCOC(=O)N1CCN(C(=O)CN(C(C)=O)c2cccc(OC)c2)CC1. The lowest BCUT2D eigenvalue weighted by Crippen LogP contribution is -2.53. The Balaban J connectivity index is 1.98. The molecule has 1 heterocycles. The standard InChI is InChI=1S/C18H25N3O5/c1-4-26-18(24)20-10-8-19(9-11-20)17(23)13-21(14(2)22)15-6-5-7-16(12-15)25-3/h5-7,12H,4,8-11,13H2,1-3H3. The summed E-state index contributed by atoms with van der Waals surface area (Å²) in [6.07, 6.45) is -0.360. The molecule has 0 unspecified atom stereocenters. The van der Waals surface area contributed by atoms with E-state index in [0.29, 0.717) is 44.2 Å². The molecule has 0 spiro atoms. The highest BCUT2D eigenvalue weighted by molar-refractivity contribution is 5.97. The lowest BCUT2D eigenvalue weighted by atomic mass is 10.2. The first-order chi connectivity index (χ1) is 12.5. The Morgan fingerprint density at radius 3 is 2.35 bits per heavy atom. The Morgan fingerprint density at radius 2 is 1.77 bits per heavy atom. The lowest BCUT2D eigenvalue weighted by molar-refractivity contribution is -0.132. The number of benzene rings is 1. The summed E-state index contributed by atoms with van der Waals surface area (Å²) in [7, 11) is 1.55. The molecule has 1 aliphatic rings. The van der Waals surface area contributed by atoms with Gasteiger partial charge in [0.2, 0.25) is 11.8 Å². The molecule has 0 aromatic heterocycles. The third kappa shape index (κ3) is 4.87. The number of carbonyl (C=O) groups excluding carboxylic acids is 3. The number of anilines is 1. The molecular formula is C18H25N3O5. The molecule has 8 heteroatoms. The summed E-state index contributed by atoms with van der Waals surface area (Å²) >= 11 is 0. The van der Waals surface area contributed by atoms with E-state index in [1.807, 2.05) is 0 Å². The van der Waals surface area contributed by atoms with Crippen molar-refractivity contribution >= 4 is 23.6 Å². The number of piperazine rings is 1. The Hall–Kier alpha value is -2.77. The first kappa shape index (κ1) is 19.6. The maximum atomic E-state index is 12.6. The highest BCUT2D eigenvalue weighted by atomic mass is 16.6. The van der Waals surface area contributed by atoms with Gasteiger partial charge in [0.1, 0.15) is 12.3 Å². The smallest absolute Gasteiger partial charge is 0.409 e. The number of amides is 3. The second-order valence-electron chi connectivity index (χ2n) is 5.87. The molecule has 8 nitrogen and oxygen atoms in total. The van der Waals surface area contributed by atoms with E-state index in [4.69, 9.17) is 9.47 Å². The molecule has 0 atom stereocenters. The zero-order valence-electron chi connectivity index (χ0n) is 15.4. The lowest BCUT2D eigenvalue weighted by Gasteiger charge is -2.35. The summed E-state index contributed by atoms with van der Waals surface area (Å²) in [5.41, 5.74) is 0.607. The van der Waals surface area contributed by atoms with Crippen LogP contribution in [0.1, 0.15) is 13.8 Å². The number of hydrogen-bond donors (Lipinski definition) is 0. The Morgan fingerprint density at radius 1 is 1.12 bits per heavy atom. The maximum absolute atomic E-state index is 12.6. The van der Waals surface area contributed by atoms with E-state index in [-0.39, 0.29) is 24.5 Å². The molecule has 142 valence electrons. The van der Waals surface area contributed by atoms with Crippen molar-refractivity contribution in [3.05, 3.63) is 24.3 Å². The molecule has 0 aliphatic carbocycles. The van der Waals surface area contributed by atoms with Gasteiger partial charge in [-0.25, -0.2) is 4.79 Å². The van der Waals surface area contributed by atoms with Gasteiger partial charge in [0, 0.05) is 44.9 Å². The van der Waals surface area contributed by atoms with Crippen LogP contribution in [0.15, 0.2) is 24.3 Å². The fraction of sp³-hybridized carbons (Fsp3) is 0.500. The van der Waals surface area contributed by atoms with Crippen LogP contribution in [0, 0.1) is 0 Å². The summed E-state index contributed by atoms with van der Waals surface area (Å²) in [6.45, 7) is 5.13. The summed E-state index contributed by atoms with van der Waals surface area (Å²) < 4.78 is 10.1. The van der Waals surface area contributed by atoms with Gasteiger partial charge >= 0.3 is 6.09 Å². The Bertz CT molecular complexity index is 656. The van der Waals surface area contributed by atoms with Crippen LogP contribution in [0.4, 0.5) is 10.5 Å².